The van der Waals surface area contributed by atoms with E-state index in [4.69, 9.17) is 5.11 Å². The lowest BCUT2D eigenvalue weighted by atomic mass is 10.1. The standard InChI is InChI=1S/C14H19NO5S/c1-9-7-10(5-6-11(9)13(17)18)15-12(16)8-21(19,20)14(2,3)4/h5-7H,8H2,1-4H3,(H,15,16)(H,17,18). The molecule has 0 atom stereocenters. The lowest BCUT2D eigenvalue weighted by molar-refractivity contribution is -0.113. The molecule has 0 aliphatic rings. The van der Waals surface area contributed by atoms with Gasteiger partial charge >= 0.3 is 5.97 Å². The number of carboxylic acids is 1. The third kappa shape index (κ3) is 4.29. The first-order valence-electron chi connectivity index (χ1n) is 6.30. The largest absolute Gasteiger partial charge is 0.478 e. The molecular weight excluding hydrogens is 294 g/mol. The molecule has 6 nitrogen and oxygen atoms in total. The van der Waals surface area contributed by atoms with E-state index >= 15 is 0 Å². The van der Waals surface area contributed by atoms with Gasteiger partial charge in [-0.2, -0.15) is 0 Å². The van der Waals surface area contributed by atoms with Crippen LogP contribution in [0.25, 0.3) is 0 Å². The zero-order chi connectivity index (χ0) is 16.4. The molecule has 21 heavy (non-hydrogen) atoms. The number of benzene rings is 1. The smallest absolute Gasteiger partial charge is 0.335 e. The van der Waals surface area contributed by atoms with Crippen molar-refractivity contribution in [3.63, 3.8) is 0 Å². The second-order valence-corrected chi connectivity index (χ2v) is 8.50. The summed E-state index contributed by atoms with van der Waals surface area (Å²) in [5, 5.41) is 11.4. The quantitative estimate of drug-likeness (QED) is 0.883. The molecule has 0 spiro atoms. The molecule has 0 saturated heterocycles. The van der Waals surface area contributed by atoms with Gasteiger partial charge in [0.2, 0.25) is 5.91 Å². The van der Waals surface area contributed by atoms with E-state index in [0.717, 1.165) is 0 Å². The topological polar surface area (TPSA) is 101 Å². The van der Waals surface area contributed by atoms with Crippen molar-refractivity contribution in [2.75, 3.05) is 11.1 Å². The fraction of sp³-hybridized carbons (Fsp3) is 0.429. The Morgan fingerprint density at radius 2 is 1.81 bits per heavy atom. The number of nitrogens with one attached hydrogen (secondary N) is 1. The van der Waals surface area contributed by atoms with Crippen LogP contribution < -0.4 is 5.32 Å². The molecule has 0 aliphatic carbocycles. The number of sulfone groups is 1. The predicted octanol–water partition coefficient (Wildman–Crippen LogP) is 1.85. The molecular formula is C14H19NO5S. The molecule has 2 N–H and O–H groups in total. The summed E-state index contributed by atoms with van der Waals surface area (Å²) in [7, 11) is -3.55. The zero-order valence-corrected chi connectivity index (χ0v) is 13.2. The van der Waals surface area contributed by atoms with Gasteiger partial charge in [0.25, 0.3) is 0 Å². The van der Waals surface area contributed by atoms with Crippen molar-refractivity contribution < 1.29 is 23.1 Å². The number of carboxylic acid groups (broad SMARTS) is 1. The summed E-state index contributed by atoms with van der Waals surface area (Å²) in [6.45, 7) is 6.19. The van der Waals surface area contributed by atoms with Crippen molar-refractivity contribution in [2.45, 2.75) is 32.4 Å². The molecule has 1 aromatic carbocycles. The maximum absolute atomic E-state index is 11.9. The third-order valence-corrected chi connectivity index (χ3v) is 5.50. The number of amides is 1. The van der Waals surface area contributed by atoms with Crippen molar-refractivity contribution in [1.82, 2.24) is 0 Å². The van der Waals surface area contributed by atoms with Crippen LogP contribution >= 0.6 is 0 Å². The summed E-state index contributed by atoms with van der Waals surface area (Å²) in [6.07, 6.45) is 0. The van der Waals surface area contributed by atoms with Gasteiger partial charge in [-0.15, -0.1) is 0 Å². The Labute approximate surface area is 124 Å². The summed E-state index contributed by atoms with van der Waals surface area (Å²) >= 11 is 0. The van der Waals surface area contributed by atoms with Crippen molar-refractivity contribution in [2.24, 2.45) is 0 Å². The maximum Gasteiger partial charge on any atom is 0.335 e. The lowest BCUT2D eigenvalue weighted by Crippen LogP contribution is -2.35. The Bertz CT molecular complexity index is 671. The van der Waals surface area contributed by atoms with Gasteiger partial charge < -0.3 is 10.4 Å². The fourth-order valence-electron chi connectivity index (χ4n) is 1.57. The van der Waals surface area contributed by atoms with Gasteiger partial charge in [0.15, 0.2) is 9.84 Å². The van der Waals surface area contributed by atoms with Crippen molar-refractivity contribution in [3.05, 3.63) is 29.3 Å². The average Bonchev–Trinajstić information content (AvgIpc) is 2.25. The number of aryl methyl sites for hydroxylation is 1. The monoisotopic (exact) mass is 313 g/mol. The van der Waals surface area contributed by atoms with Crippen LogP contribution in [0.15, 0.2) is 18.2 Å². The summed E-state index contributed by atoms with van der Waals surface area (Å²) in [5.74, 6) is -2.32. The van der Waals surface area contributed by atoms with Crippen LogP contribution in [0.2, 0.25) is 0 Å². The number of hydrogen-bond donors (Lipinski definition) is 2. The first-order valence-corrected chi connectivity index (χ1v) is 7.95. The van der Waals surface area contributed by atoms with Crippen LogP contribution in [0.1, 0.15) is 36.7 Å². The Hall–Kier alpha value is -1.89. The number of anilines is 1. The van der Waals surface area contributed by atoms with Crippen LogP contribution in [-0.2, 0) is 14.6 Å². The number of carbonyl (C=O) groups is 2. The number of rotatable bonds is 4. The predicted molar refractivity (Wildman–Crippen MR) is 80.3 cm³/mol. The van der Waals surface area contributed by atoms with Gasteiger partial charge in [0.1, 0.15) is 5.75 Å². The Balaban J connectivity index is 2.86. The molecule has 1 amide bonds. The van der Waals surface area contributed by atoms with E-state index in [1.165, 1.54) is 39.0 Å². The molecule has 0 unspecified atom stereocenters. The normalized spacial score (nSPS) is 12.0. The molecule has 0 bridgehead atoms. The van der Waals surface area contributed by atoms with Crippen molar-refractivity contribution in [1.29, 1.82) is 0 Å². The SMILES string of the molecule is Cc1cc(NC(=O)CS(=O)(=O)C(C)(C)C)ccc1C(=O)O. The van der Waals surface area contributed by atoms with Gasteiger partial charge in [-0.25, -0.2) is 13.2 Å². The fourth-order valence-corrected chi connectivity index (χ4v) is 2.42. The van der Waals surface area contributed by atoms with E-state index in [1.807, 2.05) is 0 Å². The lowest BCUT2D eigenvalue weighted by Gasteiger charge is -2.18. The number of aromatic carboxylic acids is 1. The highest BCUT2D eigenvalue weighted by Crippen LogP contribution is 2.18. The van der Waals surface area contributed by atoms with E-state index in [-0.39, 0.29) is 5.56 Å². The Morgan fingerprint density at radius 1 is 1.24 bits per heavy atom. The molecule has 0 radical (unpaired) electrons. The average molecular weight is 313 g/mol. The van der Waals surface area contributed by atoms with E-state index in [9.17, 15) is 18.0 Å². The minimum absolute atomic E-state index is 0.135. The Kier molecular flexibility index (Phi) is 4.78. The minimum Gasteiger partial charge on any atom is -0.478 e. The zero-order valence-electron chi connectivity index (χ0n) is 12.4. The van der Waals surface area contributed by atoms with Gasteiger partial charge in [-0.3, -0.25) is 4.79 Å². The second kappa shape index (κ2) is 5.85. The summed E-state index contributed by atoms with van der Waals surface area (Å²) < 4.78 is 22.8. The summed E-state index contributed by atoms with van der Waals surface area (Å²) in [5.41, 5.74) is 0.987. The first-order chi connectivity index (χ1) is 9.44. The van der Waals surface area contributed by atoms with Crippen molar-refractivity contribution >= 4 is 27.4 Å². The van der Waals surface area contributed by atoms with Crippen LogP contribution in [0, 0.1) is 6.92 Å². The molecule has 7 heteroatoms. The first kappa shape index (κ1) is 17.2. The molecule has 0 fully saturated rings. The van der Waals surface area contributed by atoms with Gasteiger partial charge in [-0.05, 0) is 51.5 Å². The minimum atomic E-state index is -3.55. The van der Waals surface area contributed by atoms with E-state index in [0.29, 0.717) is 11.3 Å². The maximum atomic E-state index is 11.9. The van der Waals surface area contributed by atoms with Crippen LogP contribution in [0.4, 0.5) is 5.69 Å². The second-order valence-electron chi connectivity index (χ2n) is 5.75. The highest BCUT2D eigenvalue weighted by Gasteiger charge is 2.31. The summed E-state index contributed by atoms with van der Waals surface area (Å²) in [6, 6.07) is 4.29. The molecule has 1 aromatic rings. The van der Waals surface area contributed by atoms with Crippen LogP contribution in [0.5, 0.6) is 0 Å². The van der Waals surface area contributed by atoms with E-state index in [2.05, 4.69) is 5.32 Å². The molecule has 0 saturated carbocycles. The third-order valence-electron chi connectivity index (χ3n) is 2.99. The van der Waals surface area contributed by atoms with E-state index in [1.54, 1.807) is 6.92 Å². The van der Waals surface area contributed by atoms with Crippen LogP contribution in [-0.4, -0.2) is 35.9 Å². The van der Waals surface area contributed by atoms with Gasteiger partial charge in [0, 0.05) is 5.69 Å². The Morgan fingerprint density at radius 3 is 2.24 bits per heavy atom. The molecule has 0 aromatic heterocycles. The highest BCUT2D eigenvalue weighted by molar-refractivity contribution is 7.93. The number of carbonyl (C=O) groups excluding carboxylic acids is 1. The molecule has 0 aliphatic heterocycles. The molecule has 116 valence electrons. The highest BCUT2D eigenvalue weighted by atomic mass is 32.2. The van der Waals surface area contributed by atoms with Gasteiger partial charge in [0.05, 0.1) is 10.3 Å². The van der Waals surface area contributed by atoms with Crippen molar-refractivity contribution in [3.8, 4) is 0 Å². The molecule has 1 rings (SSSR count). The molecule has 0 heterocycles. The van der Waals surface area contributed by atoms with Gasteiger partial charge in [-0.1, -0.05) is 0 Å². The van der Waals surface area contributed by atoms with E-state index < -0.39 is 32.2 Å². The van der Waals surface area contributed by atoms with Crippen LogP contribution in [0.3, 0.4) is 0 Å². The number of hydrogen-bond acceptors (Lipinski definition) is 4. The summed E-state index contributed by atoms with van der Waals surface area (Å²) in [4.78, 5) is 22.7.